The summed E-state index contributed by atoms with van der Waals surface area (Å²) >= 11 is 6.04. The van der Waals surface area contributed by atoms with Crippen LogP contribution in [-0.4, -0.2) is 18.1 Å². The first-order chi connectivity index (χ1) is 6.86. The number of aromatic nitrogens is 1. The molecule has 0 aliphatic heterocycles. The molecule has 1 heterocycles. The van der Waals surface area contributed by atoms with E-state index < -0.39 is 5.97 Å². The van der Waals surface area contributed by atoms with Gasteiger partial charge in [-0.25, -0.2) is 4.79 Å². The summed E-state index contributed by atoms with van der Waals surface area (Å²) in [6.07, 6.45) is 1.48. The Labute approximate surface area is 94.4 Å². The van der Waals surface area contributed by atoms with Crippen molar-refractivity contribution in [3.05, 3.63) is 28.5 Å². The van der Waals surface area contributed by atoms with E-state index in [1.165, 1.54) is 13.3 Å². The summed E-state index contributed by atoms with van der Waals surface area (Å²) in [4.78, 5) is 15.4. The molecular weight excluding hydrogens is 214 g/mol. The molecule has 0 saturated carbocycles. The van der Waals surface area contributed by atoms with Crippen LogP contribution < -0.4 is 0 Å². The van der Waals surface area contributed by atoms with Gasteiger partial charge in [-0.05, 0) is 6.07 Å². The third kappa shape index (κ3) is 2.69. The van der Waals surface area contributed by atoms with Crippen molar-refractivity contribution >= 4 is 17.6 Å². The molecule has 0 N–H and O–H groups in total. The van der Waals surface area contributed by atoms with Gasteiger partial charge in [0.2, 0.25) is 0 Å². The Hall–Kier alpha value is -1.09. The van der Waals surface area contributed by atoms with Crippen LogP contribution >= 0.6 is 11.6 Å². The predicted molar refractivity (Wildman–Crippen MR) is 59.3 cm³/mol. The zero-order chi connectivity index (χ0) is 11.6. The molecule has 0 aromatic carbocycles. The fourth-order valence-electron chi connectivity index (χ4n) is 1.22. The highest BCUT2D eigenvalue weighted by molar-refractivity contribution is 6.31. The summed E-state index contributed by atoms with van der Waals surface area (Å²) in [7, 11) is 1.33. The van der Waals surface area contributed by atoms with E-state index in [-0.39, 0.29) is 5.41 Å². The van der Waals surface area contributed by atoms with E-state index in [0.717, 1.165) is 5.69 Å². The zero-order valence-electron chi connectivity index (χ0n) is 9.30. The molecule has 0 radical (unpaired) electrons. The smallest absolute Gasteiger partial charge is 0.339 e. The SMILES string of the molecule is COC(=O)c1cnc(C(C)(C)C)c(Cl)c1. The molecule has 1 rings (SSSR count). The normalized spacial score (nSPS) is 11.3. The summed E-state index contributed by atoms with van der Waals surface area (Å²) in [5, 5.41) is 0.491. The summed E-state index contributed by atoms with van der Waals surface area (Å²) < 4.78 is 4.58. The van der Waals surface area contributed by atoms with Crippen molar-refractivity contribution in [2.45, 2.75) is 26.2 Å². The number of esters is 1. The molecule has 3 nitrogen and oxygen atoms in total. The lowest BCUT2D eigenvalue weighted by Gasteiger charge is -2.19. The van der Waals surface area contributed by atoms with Crippen LogP contribution in [0.15, 0.2) is 12.3 Å². The fourth-order valence-corrected chi connectivity index (χ4v) is 1.67. The van der Waals surface area contributed by atoms with E-state index >= 15 is 0 Å². The minimum atomic E-state index is -0.426. The number of halogens is 1. The fraction of sp³-hybridized carbons (Fsp3) is 0.455. The summed E-state index contributed by atoms with van der Waals surface area (Å²) in [6, 6.07) is 1.58. The topological polar surface area (TPSA) is 39.2 Å². The lowest BCUT2D eigenvalue weighted by atomic mass is 9.91. The van der Waals surface area contributed by atoms with Gasteiger partial charge < -0.3 is 4.74 Å². The quantitative estimate of drug-likeness (QED) is 0.693. The van der Waals surface area contributed by atoms with Crippen molar-refractivity contribution < 1.29 is 9.53 Å². The van der Waals surface area contributed by atoms with Crippen LogP contribution in [0.2, 0.25) is 5.02 Å². The molecule has 0 amide bonds. The van der Waals surface area contributed by atoms with Gasteiger partial charge in [-0.2, -0.15) is 0 Å². The highest BCUT2D eigenvalue weighted by atomic mass is 35.5. The maximum Gasteiger partial charge on any atom is 0.339 e. The van der Waals surface area contributed by atoms with Gasteiger partial charge in [-0.15, -0.1) is 0 Å². The molecule has 82 valence electrons. The number of rotatable bonds is 1. The standard InChI is InChI=1S/C11H14ClNO2/c1-11(2,3)9-8(12)5-7(6-13-9)10(14)15-4/h5-6H,1-4H3. The van der Waals surface area contributed by atoms with E-state index in [2.05, 4.69) is 9.72 Å². The number of ether oxygens (including phenoxy) is 1. The van der Waals surface area contributed by atoms with Crippen LogP contribution in [0.3, 0.4) is 0 Å². The molecule has 1 aromatic heterocycles. The van der Waals surface area contributed by atoms with Gasteiger partial charge in [0.05, 0.1) is 23.4 Å². The number of methoxy groups -OCH3 is 1. The van der Waals surface area contributed by atoms with Crippen LogP contribution in [-0.2, 0) is 10.2 Å². The van der Waals surface area contributed by atoms with Crippen LogP contribution in [0.5, 0.6) is 0 Å². The monoisotopic (exact) mass is 227 g/mol. The van der Waals surface area contributed by atoms with E-state index in [1.807, 2.05) is 20.8 Å². The van der Waals surface area contributed by atoms with Crippen molar-refractivity contribution in [1.29, 1.82) is 0 Å². The van der Waals surface area contributed by atoms with Crippen LogP contribution in [0, 0.1) is 0 Å². The minimum Gasteiger partial charge on any atom is -0.465 e. The molecule has 4 heteroatoms. The van der Waals surface area contributed by atoms with Crippen LogP contribution in [0.4, 0.5) is 0 Å². The molecular formula is C11H14ClNO2. The number of hydrogen-bond donors (Lipinski definition) is 0. The van der Waals surface area contributed by atoms with Gasteiger partial charge in [-0.1, -0.05) is 32.4 Å². The maximum absolute atomic E-state index is 11.2. The Kier molecular flexibility index (Phi) is 3.35. The Balaban J connectivity index is 3.15. The summed E-state index contributed by atoms with van der Waals surface area (Å²) in [5.41, 5.74) is 1.01. The molecule has 1 aromatic rings. The Morgan fingerprint density at radius 3 is 2.47 bits per heavy atom. The highest BCUT2D eigenvalue weighted by Gasteiger charge is 2.20. The van der Waals surface area contributed by atoms with Crippen LogP contribution in [0.1, 0.15) is 36.8 Å². The largest absolute Gasteiger partial charge is 0.465 e. The van der Waals surface area contributed by atoms with Gasteiger partial charge >= 0.3 is 5.97 Å². The molecule has 0 aliphatic carbocycles. The third-order valence-corrected chi connectivity index (χ3v) is 2.26. The Morgan fingerprint density at radius 1 is 1.47 bits per heavy atom. The second-order valence-corrected chi connectivity index (χ2v) is 4.70. The van der Waals surface area contributed by atoms with Gasteiger partial charge in [-0.3, -0.25) is 4.98 Å². The van der Waals surface area contributed by atoms with E-state index in [4.69, 9.17) is 11.6 Å². The molecule has 0 bridgehead atoms. The Morgan fingerprint density at radius 2 is 2.07 bits per heavy atom. The summed E-state index contributed by atoms with van der Waals surface area (Å²) in [6.45, 7) is 6.04. The van der Waals surface area contributed by atoms with E-state index in [9.17, 15) is 4.79 Å². The first-order valence-corrected chi connectivity index (χ1v) is 4.98. The molecule has 0 atom stereocenters. The molecule has 0 aliphatic rings. The van der Waals surface area contributed by atoms with Gasteiger partial charge in [0.25, 0.3) is 0 Å². The molecule has 0 saturated heterocycles. The van der Waals surface area contributed by atoms with Gasteiger partial charge in [0, 0.05) is 11.6 Å². The predicted octanol–water partition coefficient (Wildman–Crippen LogP) is 2.82. The lowest BCUT2D eigenvalue weighted by Crippen LogP contribution is -2.15. The van der Waals surface area contributed by atoms with Crippen molar-refractivity contribution in [1.82, 2.24) is 4.98 Å². The van der Waals surface area contributed by atoms with Crippen molar-refractivity contribution in [2.24, 2.45) is 0 Å². The molecule has 0 fully saturated rings. The number of pyridine rings is 1. The number of carbonyl (C=O) groups excluding carboxylic acids is 1. The first kappa shape index (κ1) is 12.0. The van der Waals surface area contributed by atoms with Crippen molar-refractivity contribution in [3.63, 3.8) is 0 Å². The zero-order valence-corrected chi connectivity index (χ0v) is 10.1. The van der Waals surface area contributed by atoms with E-state index in [1.54, 1.807) is 6.07 Å². The third-order valence-electron chi connectivity index (χ3n) is 1.97. The maximum atomic E-state index is 11.2. The second-order valence-electron chi connectivity index (χ2n) is 4.30. The van der Waals surface area contributed by atoms with Gasteiger partial charge in [0.15, 0.2) is 0 Å². The molecule has 15 heavy (non-hydrogen) atoms. The minimum absolute atomic E-state index is 0.133. The van der Waals surface area contributed by atoms with Gasteiger partial charge in [0.1, 0.15) is 0 Å². The first-order valence-electron chi connectivity index (χ1n) is 4.60. The average molecular weight is 228 g/mol. The van der Waals surface area contributed by atoms with Crippen LogP contribution in [0.25, 0.3) is 0 Å². The average Bonchev–Trinajstić information content (AvgIpc) is 2.14. The van der Waals surface area contributed by atoms with Crippen molar-refractivity contribution in [3.8, 4) is 0 Å². The highest BCUT2D eigenvalue weighted by Crippen LogP contribution is 2.27. The second kappa shape index (κ2) is 4.19. The number of nitrogens with zero attached hydrogens (tertiary/aromatic N) is 1. The number of hydrogen-bond acceptors (Lipinski definition) is 3. The van der Waals surface area contributed by atoms with Crippen molar-refractivity contribution in [2.75, 3.05) is 7.11 Å². The summed E-state index contributed by atoms with van der Waals surface area (Å²) in [5.74, 6) is -0.426. The number of carbonyl (C=O) groups is 1. The molecule has 0 spiro atoms. The Bertz CT molecular complexity index is 383. The lowest BCUT2D eigenvalue weighted by molar-refractivity contribution is 0.0600. The van der Waals surface area contributed by atoms with E-state index in [0.29, 0.717) is 10.6 Å². The molecule has 0 unspecified atom stereocenters.